The molecule has 3 rings (SSSR count). The molecule has 0 spiro atoms. The minimum atomic E-state index is -3.15. The second kappa shape index (κ2) is 6.57. The standard InChI is InChI=1S/C20H31NO3/c1-20(2,3)11-14-12-21-7-6-13-8-18(23-4)19(24-5)9-15(13)16(21)10-17(14)22/h8-9,14,16-17,22H,6-7,10-12H2,1-5H3/i1D3,2D3,8D,9D,11D2. The van der Waals surface area contributed by atoms with Crippen molar-refractivity contribution in [1.82, 2.24) is 4.90 Å². The first-order valence-corrected chi connectivity index (χ1v) is 8.11. The first-order chi connectivity index (χ1) is 15.5. The fraction of sp³-hybridized carbons (Fsp3) is 0.700. The van der Waals surface area contributed by atoms with Crippen molar-refractivity contribution in [2.75, 3.05) is 27.3 Å². The number of piperidine rings is 1. The molecule has 0 bridgehead atoms. The van der Waals surface area contributed by atoms with Crippen molar-refractivity contribution in [3.8, 4) is 11.5 Å². The lowest BCUT2D eigenvalue weighted by molar-refractivity contribution is -0.0259. The fourth-order valence-corrected chi connectivity index (χ4v) is 3.64. The lowest BCUT2D eigenvalue weighted by Crippen LogP contribution is -2.48. The van der Waals surface area contributed by atoms with Crippen molar-refractivity contribution in [2.45, 2.75) is 52.0 Å². The van der Waals surface area contributed by atoms with Gasteiger partial charge in [-0.1, -0.05) is 20.6 Å². The Bertz CT molecular complexity index is 932. The van der Waals surface area contributed by atoms with Gasteiger partial charge in [-0.05, 0) is 53.8 Å². The molecule has 2 heterocycles. The van der Waals surface area contributed by atoms with Crippen LogP contribution in [0.5, 0.6) is 11.5 Å². The number of ether oxygens (including phenoxy) is 2. The van der Waals surface area contributed by atoms with Crippen LogP contribution < -0.4 is 9.47 Å². The Kier molecular flexibility index (Phi) is 2.44. The summed E-state index contributed by atoms with van der Waals surface area (Å²) in [6, 6.07) is -0.424. The molecular formula is C20H31NO3. The van der Waals surface area contributed by atoms with Crippen molar-refractivity contribution < 1.29 is 28.3 Å². The number of hydrogen-bond donors (Lipinski definition) is 1. The molecule has 0 saturated carbocycles. The summed E-state index contributed by atoms with van der Waals surface area (Å²) >= 11 is 0. The average molecular weight is 344 g/mol. The molecular weight excluding hydrogens is 302 g/mol. The average Bonchev–Trinajstić information content (AvgIpc) is 2.72. The lowest BCUT2D eigenvalue weighted by Gasteiger charge is -2.47. The van der Waals surface area contributed by atoms with E-state index in [0.29, 0.717) is 24.1 Å². The zero-order valence-electron chi connectivity index (χ0n) is 24.3. The van der Waals surface area contributed by atoms with Crippen LogP contribution >= 0.6 is 0 Å². The summed E-state index contributed by atoms with van der Waals surface area (Å²) in [6.45, 7) is -5.11. The second-order valence-electron chi connectivity index (χ2n) is 6.65. The molecule has 0 amide bonds. The summed E-state index contributed by atoms with van der Waals surface area (Å²) in [5.41, 5.74) is -1.64. The predicted octanol–water partition coefficient (Wildman–Crippen LogP) is 3.42. The molecule has 1 N–H and O–H groups in total. The van der Waals surface area contributed by atoms with Crippen LogP contribution in [0.2, 0.25) is 0 Å². The van der Waals surface area contributed by atoms with Gasteiger partial charge in [0.2, 0.25) is 0 Å². The number of aliphatic hydroxyl groups is 1. The first-order valence-electron chi connectivity index (χ1n) is 13.1. The molecule has 4 nitrogen and oxygen atoms in total. The fourth-order valence-electron chi connectivity index (χ4n) is 3.64. The van der Waals surface area contributed by atoms with Crippen molar-refractivity contribution in [1.29, 1.82) is 0 Å². The molecule has 3 unspecified atom stereocenters. The Morgan fingerprint density at radius 2 is 2.08 bits per heavy atom. The Hall–Kier alpha value is -1.26. The van der Waals surface area contributed by atoms with Gasteiger partial charge in [0.25, 0.3) is 0 Å². The van der Waals surface area contributed by atoms with Gasteiger partial charge < -0.3 is 14.6 Å². The quantitative estimate of drug-likeness (QED) is 0.913. The Morgan fingerprint density at radius 3 is 2.75 bits per heavy atom. The molecule has 4 heteroatoms. The molecule has 24 heavy (non-hydrogen) atoms. The third-order valence-electron chi connectivity index (χ3n) is 4.71. The maximum atomic E-state index is 11.1. The number of aliphatic hydroxyl groups excluding tert-OH is 1. The predicted molar refractivity (Wildman–Crippen MR) is 95.7 cm³/mol. The molecule has 3 atom stereocenters. The van der Waals surface area contributed by atoms with Crippen molar-refractivity contribution >= 4 is 0 Å². The van der Waals surface area contributed by atoms with E-state index in [9.17, 15) is 5.11 Å². The Morgan fingerprint density at radius 1 is 1.38 bits per heavy atom. The van der Waals surface area contributed by atoms with E-state index in [-0.39, 0.29) is 36.5 Å². The van der Waals surface area contributed by atoms with E-state index in [1.165, 1.54) is 14.2 Å². The maximum absolute atomic E-state index is 11.1. The first kappa shape index (κ1) is 8.91. The van der Waals surface area contributed by atoms with E-state index in [4.69, 9.17) is 23.2 Å². The van der Waals surface area contributed by atoms with Gasteiger partial charge in [-0.2, -0.15) is 0 Å². The zero-order chi connectivity index (χ0) is 26.0. The molecule has 2 aliphatic rings. The molecule has 0 aromatic heterocycles. The van der Waals surface area contributed by atoms with E-state index >= 15 is 0 Å². The molecule has 134 valence electrons. The number of rotatable bonds is 3. The highest BCUT2D eigenvalue weighted by Gasteiger charge is 2.39. The largest absolute Gasteiger partial charge is 0.493 e. The summed E-state index contributed by atoms with van der Waals surface area (Å²) in [6.07, 6.45) is -3.82. The number of nitrogens with zero attached hydrogens (tertiary/aromatic N) is 1. The van der Waals surface area contributed by atoms with E-state index < -0.39 is 43.6 Å². The van der Waals surface area contributed by atoms with E-state index in [0.717, 1.165) is 6.92 Å². The Labute approximate surface area is 159 Å². The third kappa shape index (κ3) is 3.40. The zero-order valence-corrected chi connectivity index (χ0v) is 14.3. The van der Waals surface area contributed by atoms with Crippen LogP contribution in [0.4, 0.5) is 0 Å². The second-order valence-corrected chi connectivity index (χ2v) is 6.65. The Balaban J connectivity index is 2.06. The van der Waals surface area contributed by atoms with E-state index in [1.54, 1.807) is 0 Å². The SMILES string of the molecule is [2H]c1c2c(c([2H])c(OC)c1OC)C1CC(O)C(C([2H])([2H])C(C)(C([2H])([2H])[2H])C([2H])([2H])[2H])CN1CC2. The molecule has 0 radical (unpaired) electrons. The van der Waals surface area contributed by atoms with E-state index in [1.807, 2.05) is 4.90 Å². The van der Waals surface area contributed by atoms with Gasteiger partial charge in [-0.25, -0.2) is 0 Å². The van der Waals surface area contributed by atoms with Gasteiger partial charge in [0.1, 0.15) is 0 Å². The molecule has 1 saturated heterocycles. The van der Waals surface area contributed by atoms with Crippen molar-refractivity contribution in [3.63, 3.8) is 0 Å². The summed E-state index contributed by atoms with van der Waals surface area (Å²) in [4.78, 5) is 1.83. The molecule has 1 aromatic carbocycles. The van der Waals surface area contributed by atoms with Crippen LogP contribution in [-0.2, 0) is 6.42 Å². The summed E-state index contributed by atoms with van der Waals surface area (Å²) < 4.78 is 92.4. The summed E-state index contributed by atoms with van der Waals surface area (Å²) in [5, 5.41) is 11.1. The van der Waals surface area contributed by atoms with Crippen LogP contribution in [0.3, 0.4) is 0 Å². The van der Waals surface area contributed by atoms with Gasteiger partial charge in [-0.15, -0.1) is 0 Å². The highest BCUT2D eigenvalue weighted by atomic mass is 16.5. The van der Waals surface area contributed by atoms with Gasteiger partial charge in [0.05, 0.1) is 23.1 Å². The smallest absolute Gasteiger partial charge is 0.161 e. The van der Waals surface area contributed by atoms with Gasteiger partial charge in [0, 0.05) is 30.1 Å². The maximum Gasteiger partial charge on any atom is 0.161 e. The van der Waals surface area contributed by atoms with Crippen molar-refractivity contribution in [3.05, 3.63) is 23.2 Å². The summed E-state index contributed by atoms with van der Waals surface area (Å²) in [7, 11) is 2.76. The van der Waals surface area contributed by atoms with Crippen LogP contribution in [0.15, 0.2) is 12.1 Å². The van der Waals surface area contributed by atoms with Crippen molar-refractivity contribution in [2.24, 2.45) is 11.3 Å². The van der Waals surface area contributed by atoms with Crippen LogP contribution in [0, 0.1) is 11.3 Å². The normalized spacial score (nSPS) is 35.1. The van der Waals surface area contributed by atoms with Gasteiger partial charge >= 0.3 is 0 Å². The summed E-state index contributed by atoms with van der Waals surface area (Å²) in [5.74, 6) is -1.05. The molecule has 2 aliphatic heterocycles. The number of methoxy groups -OCH3 is 2. The minimum absolute atomic E-state index is 0.0172. The minimum Gasteiger partial charge on any atom is -0.493 e. The topological polar surface area (TPSA) is 41.9 Å². The molecule has 1 fully saturated rings. The van der Waals surface area contributed by atoms with Crippen LogP contribution in [-0.4, -0.2) is 43.4 Å². The highest BCUT2D eigenvalue weighted by molar-refractivity contribution is 5.49. The third-order valence-corrected chi connectivity index (χ3v) is 4.71. The van der Waals surface area contributed by atoms with Crippen LogP contribution in [0.25, 0.3) is 0 Å². The molecule has 0 aliphatic carbocycles. The highest BCUT2D eigenvalue weighted by Crippen LogP contribution is 2.44. The van der Waals surface area contributed by atoms with Gasteiger partial charge in [-0.3, -0.25) is 4.90 Å². The monoisotopic (exact) mass is 343 g/mol. The number of fused-ring (bicyclic) bond motifs is 3. The van der Waals surface area contributed by atoms with E-state index in [2.05, 4.69) is 0 Å². The van der Waals surface area contributed by atoms with Gasteiger partial charge in [0.15, 0.2) is 11.5 Å². The van der Waals surface area contributed by atoms with Crippen LogP contribution in [0.1, 0.15) is 64.3 Å². The molecule has 1 aromatic rings. The lowest BCUT2D eigenvalue weighted by atomic mass is 9.75. The number of benzene rings is 1. The number of hydrogen-bond acceptors (Lipinski definition) is 4.